The van der Waals surface area contributed by atoms with Gasteiger partial charge in [0, 0.05) is 6.61 Å². The fraction of sp³-hybridized carbons (Fsp3) is 0.786. The van der Waals surface area contributed by atoms with E-state index in [1.165, 1.54) is 108 Å². The number of halogens is 1. The van der Waals surface area contributed by atoms with Crippen LogP contribution in [-0.4, -0.2) is 31.0 Å². The molecule has 1 N–H and O–H groups in total. The molecule has 0 aliphatic heterocycles. The standard InChI is InChI=1S/C28H49FO3/c1-2-3-4-5-6-7-8-9-10-11-12-13-14-15-16-17-22-31-25-28(23-30)32-24-26-18-20-27(29)21-19-26/h18-21,28,30H,2-17,22-25H2,1H3/t28-/m0/s1. The summed E-state index contributed by atoms with van der Waals surface area (Å²) in [5, 5.41) is 9.43. The largest absolute Gasteiger partial charge is 0.394 e. The minimum absolute atomic E-state index is 0.0693. The lowest BCUT2D eigenvalue weighted by Gasteiger charge is -2.16. The smallest absolute Gasteiger partial charge is 0.123 e. The number of rotatable bonds is 23. The maximum atomic E-state index is 12.9. The van der Waals surface area contributed by atoms with E-state index in [2.05, 4.69) is 6.92 Å². The average Bonchev–Trinajstić information content (AvgIpc) is 2.81. The Morgan fingerprint density at radius 3 is 1.66 bits per heavy atom. The maximum absolute atomic E-state index is 12.9. The highest BCUT2D eigenvalue weighted by Crippen LogP contribution is 2.14. The van der Waals surface area contributed by atoms with Crippen molar-refractivity contribution in [3.8, 4) is 0 Å². The van der Waals surface area contributed by atoms with Gasteiger partial charge in [0.1, 0.15) is 11.9 Å². The summed E-state index contributed by atoms with van der Waals surface area (Å²) < 4.78 is 24.2. The van der Waals surface area contributed by atoms with Gasteiger partial charge in [0.15, 0.2) is 0 Å². The van der Waals surface area contributed by atoms with E-state index >= 15 is 0 Å². The zero-order valence-corrected chi connectivity index (χ0v) is 20.7. The first-order valence-corrected chi connectivity index (χ1v) is 13.3. The van der Waals surface area contributed by atoms with Crippen molar-refractivity contribution >= 4 is 0 Å². The van der Waals surface area contributed by atoms with E-state index in [0.29, 0.717) is 13.2 Å². The van der Waals surface area contributed by atoms with E-state index in [0.717, 1.165) is 18.6 Å². The number of hydrogen-bond acceptors (Lipinski definition) is 3. The second-order valence-corrected chi connectivity index (χ2v) is 9.12. The summed E-state index contributed by atoms with van der Waals surface area (Å²) >= 11 is 0. The predicted octanol–water partition coefficient (Wildman–Crippen LogP) is 7.98. The van der Waals surface area contributed by atoms with Crippen LogP contribution in [0, 0.1) is 5.82 Å². The topological polar surface area (TPSA) is 38.7 Å². The Hall–Kier alpha value is -0.970. The number of ether oxygens (including phenoxy) is 2. The van der Waals surface area contributed by atoms with E-state index in [4.69, 9.17) is 9.47 Å². The molecule has 1 rings (SSSR count). The average molecular weight is 453 g/mol. The monoisotopic (exact) mass is 452 g/mol. The lowest BCUT2D eigenvalue weighted by molar-refractivity contribution is -0.0502. The Kier molecular flexibility index (Phi) is 19.8. The Bertz CT molecular complexity index is 506. The van der Waals surface area contributed by atoms with Crippen molar-refractivity contribution in [3.05, 3.63) is 35.6 Å². The van der Waals surface area contributed by atoms with Crippen LogP contribution in [0.15, 0.2) is 24.3 Å². The van der Waals surface area contributed by atoms with E-state index in [-0.39, 0.29) is 18.5 Å². The fourth-order valence-corrected chi connectivity index (χ4v) is 3.92. The molecule has 1 aromatic rings. The van der Waals surface area contributed by atoms with Gasteiger partial charge >= 0.3 is 0 Å². The van der Waals surface area contributed by atoms with Crippen LogP contribution in [0.1, 0.15) is 115 Å². The summed E-state index contributed by atoms with van der Waals surface area (Å²) in [6.45, 7) is 3.68. The first-order valence-electron chi connectivity index (χ1n) is 13.3. The molecule has 0 aliphatic carbocycles. The molecule has 1 aromatic carbocycles. The molecule has 0 amide bonds. The van der Waals surface area contributed by atoms with Crippen LogP contribution in [0.2, 0.25) is 0 Å². The molecule has 186 valence electrons. The summed E-state index contributed by atoms with van der Waals surface area (Å²) in [6, 6.07) is 6.23. The van der Waals surface area contributed by atoms with Gasteiger partial charge in [-0.1, -0.05) is 115 Å². The molecular weight excluding hydrogens is 403 g/mol. The van der Waals surface area contributed by atoms with Crippen molar-refractivity contribution in [1.29, 1.82) is 0 Å². The van der Waals surface area contributed by atoms with E-state index in [1.54, 1.807) is 12.1 Å². The molecule has 1 atom stereocenters. The molecule has 0 spiro atoms. The van der Waals surface area contributed by atoms with Crippen molar-refractivity contribution in [2.24, 2.45) is 0 Å². The van der Waals surface area contributed by atoms with Gasteiger partial charge < -0.3 is 14.6 Å². The van der Waals surface area contributed by atoms with Crippen LogP contribution < -0.4 is 0 Å². The van der Waals surface area contributed by atoms with Crippen molar-refractivity contribution in [2.75, 3.05) is 19.8 Å². The third-order valence-corrected chi connectivity index (χ3v) is 6.05. The lowest BCUT2D eigenvalue weighted by atomic mass is 10.0. The van der Waals surface area contributed by atoms with Gasteiger partial charge in [-0.05, 0) is 24.1 Å². The van der Waals surface area contributed by atoms with Crippen LogP contribution in [0.25, 0.3) is 0 Å². The van der Waals surface area contributed by atoms with Gasteiger partial charge in [0.2, 0.25) is 0 Å². The molecule has 0 aromatic heterocycles. The van der Waals surface area contributed by atoms with Crippen LogP contribution in [-0.2, 0) is 16.1 Å². The van der Waals surface area contributed by atoms with Crippen LogP contribution in [0.5, 0.6) is 0 Å². The summed E-state index contributed by atoms with van der Waals surface area (Å²) in [4.78, 5) is 0. The molecule has 0 saturated carbocycles. The highest BCUT2D eigenvalue weighted by molar-refractivity contribution is 5.14. The molecular formula is C28H49FO3. The molecule has 32 heavy (non-hydrogen) atoms. The highest BCUT2D eigenvalue weighted by atomic mass is 19.1. The van der Waals surface area contributed by atoms with E-state index < -0.39 is 0 Å². The molecule has 0 saturated heterocycles. The van der Waals surface area contributed by atoms with Gasteiger partial charge in [-0.25, -0.2) is 4.39 Å². The Labute approximate surface area is 197 Å². The highest BCUT2D eigenvalue weighted by Gasteiger charge is 2.08. The quantitative estimate of drug-likeness (QED) is 0.171. The molecule has 0 aliphatic rings. The Morgan fingerprint density at radius 1 is 0.719 bits per heavy atom. The van der Waals surface area contributed by atoms with E-state index in [1.807, 2.05) is 0 Å². The van der Waals surface area contributed by atoms with Gasteiger partial charge in [0.05, 0.1) is 19.8 Å². The number of hydrogen-bond donors (Lipinski definition) is 1. The molecule has 0 heterocycles. The predicted molar refractivity (Wildman–Crippen MR) is 132 cm³/mol. The second-order valence-electron chi connectivity index (χ2n) is 9.12. The number of unbranched alkanes of at least 4 members (excludes halogenated alkanes) is 15. The van der Waals surface area contributed by atoms with Gasteiger partial charge in [0.25, 0.3) is 0 Å². The van der Waals surface area contributed by atoms with Crippen LogP contribution in [0.3, 0.4) is 0 Å². The maximum Gasteiger partial charge on any atom is 0.123 e. The molecule has 3 nitrogen and oxygen atoms in total. The number of aliphatic hydroxyl groups excluding tert-OH is 1. The molecule has 4 heteroatoms. The van der Waals surface area contributed by atoms with Crippen molar-refractivity contribution in [1.82, 2.24) is 0 Å². The van der Waals surface area contributed by atoms with Crippen molar-refractivity contribution < 1.29 is 19.0 Å². The van der Waals surface area contributed by atoms with Gasteiger partial charge in [-0.3, -0.25) is 0 Å². The lowest BCUT2D eigenvalue weighted by Crippen LogP contribution is -2.24. The normalized spacial score (nSPS) is 12.3. The molecule has 0 radical (unpaired) electrons. The first kappa shape index (κ1) is 29.1. The Morgan fingerprint density at radius 2 is 1.19 bits per heavy atom. The summed E-state index contributed by atoms with van der Waals surface area (Å²) in [6.07, 6.45) is 21.5. The molecule has 0 unspecified atom stereocenters. The van der Waals surface area contributed by atoms with Crippen molar-refractivity contribution in [3.63, 3.8) is 0 Å². The summed E-state index contributed by atoms with van der Waals surface area (Å²) in [7, 11) is 0. The minimum atomic E-state index is -0.332. The molecule has 0 fully saturated rings. The summed E-state index contributed by atoms with van der Waals surface area (Å²) in [5.41, 5.74) is 0.891. The number of aliphatic hydroxyl groups is 1. The SMILES string of the molecule is CCCCCCCCCCCCCCCCCCOC[C@H](CO)OCc1ccc(F)cc1. The molecule has 0 bridgehead atoms. The van der Waals surface area contributed by atoms with Crippen molar-refractivity contribution in [2.45, 2.75) is 122 Å². The Balaban J connectivity index is 1.81. The van der Waals surface area contributed by atoms with Crippen LogP contribution >= 0.6 is 0 Å². The minimum Gasteiger partial charge on any atom is -0.394 e. The zero-order chi connectivity index (χ0) is 23.1. The first-order chi connectivity index (χ1) is 15.8. The zero-order valence-electron chi connectivity index (χ0n) is 20.7. The summed E-state index contributed by atoms with van der Waals surface area (Å²) in [5.74, 6) is -0.255. The van der Waals surface area contributed by atoms with Crippen LogP contribution in [0.4, 0.5) is 4.39 Å². The van der Waals surface area contributed by atoms with Gasteiger partial charge in [-0.2, -0.15) is 0 Å². The van der Waals surface area contributed by atoms with E-state index in [9.17, 15) is 9.50 Å². The third-order valence-electron chi connectivity index (χ3n) is 6.05. The second kappa shape index (κ2) is 21.9. The fourth-order valence-electron chi connectivity index (χ4n) is 3.92. The van der Waals surface area contributed by atoms with Gasteiger partial charge in [-0.15, -0.1) is 0 Å². The number of benzene rings is 1. The third kappa shape index (κ3) is 17.6.